The summed E-state index contributed by atoms with van der Waals surface area (Å²) in [6.45, 7) is 6.18. The van der Waals surface area contributed by atoms with Crippen molar-refractivity contribution in [2.24, 2.45) is 0 Å². The fourth-order valence-corrected chi connectivity index (χ4v) is 2.18. The molecule has 0 aliphatic heterocycles. The number of benzene rings is 1. The van der Waals surface area contributed by atoms with Crippen LogP contribution in [0.5, 0.6) is 0 Å². The second-order valence-electron chi connectivity index (χ2n) is 4.98. The molecule has 2 aromatic rings. The van der Waals surface area contributed by atoms with Crippen LogP contribution in [-0.2, 0) is 12.1 Å². The Kier molecular flexibility index (Phi) is 3.71. The van der Waals surface area contributed by atoms with Gasteiger partial charge in [-0.1, -0.05) is 19.1 Å². The molecule has 1 aromatic heterocycles. The van der Waals surface area contributed by atoms with Crippen LogP contribution < -0.4 is 0 Å². The predicted molar refractivity (Wildman–Crippen MR) is 72.3 cm³/mol. The lowest BCUT2D eigenvalue weighted by Gasteiger charge is -2.24. The van der Waals surface area contributed by atoms with Gasteiger partial charge in [-0.05, 0) is 37.5 Å². The third-order valence-corrected chi connectivity index (χ3v) is 3.35. The number of aromatic nitrogens is 2. The van der Waals surface area contributed by atoms with Crippen molar-refractivity contribution in [1.29, 1.82) is 0 Å². The lowest BCUT2D eigenvalue weighted by atomic mass is 9.94. The van der Waals surface area contributed by atoms with Crippen LogP contribution in [0.25, 0.3) is 0 Å². The van der Waals surface area contributed by atoms with Gasteiger partial charge in [0.2, 0.25) is 0 Å². The van der Waals surface area contributed by atoms with Gasteiger partial charge < -0.3 is 9.67 Å². The van der Waals surface area contributed by atoms with Gasteiger partial charge in [0.25, 0.3) is 0 Å². The Balaban J connectivity index is 2.45. The molecule has 1 unspecified atom stereocenters. The number of nitrogens with zero attached hydrogens (tertiary/aromatic N) is 2. The Morgan fingerprint density at radius 3 is 2.79 bits per heavy atom. The number of imidazole rings is 1. The van der Waals surface area contributed by atoms with E-state index in [0.717, 1.165) is 13.0 Å². The number of hydrogen-bond donors (Lipinski definition) is 1. The van der Waals surface area contributed by atoms with E-state index in [-0.39, 0.29) is 5.82 Å². The van der Waals surface area contributed by atoms with Gasteiger partial charge in [-0.15, -0.1) is 0 Å². The van der Waals surface area contributed by atoms with Gasteiger partial charge in [0.15, 0.2) is 0 Å². The summed E-state index contributed by atoms with van der Waals surface area (Å²) in [5.74, 6) is 0.226. The maximum absolute atomic E-state index is 13.7. The van der Waals surface area contributed by atoms with E-state index in [1.807, 2.05) is 10.8 Å². The lowest BCUT2D eigenvalue weighted by Crippen LogP contribution is -2.27. The fraction of sp³-hybridized carbons (Fsp3) is 0.400. The Labute approximate surface area is 112 Å². The zero-order valence-electron chi connectivity index (χ0n) is 11.5. The molecule has 1 atom stereocenters. The average Bonchev–Trinajstić information content (AvgIpc) is 2.82. The molecule has 19 heavy (non-hydrogen) atoms. The largest absolute Gasteiger partial charge is 0.377 e. The van der Waals surface area contributed by atoms with Crippen molar-refractivity contribution in [2.75, 3.05) is 0 Å². The summed E-state index contributed by atoms with van der Waals surface area (Å²) in [6.07, 6.45) is 4.43. The second kappa shape index (κ2) is 5.13. The number of hydrogen-bond acceptors (Lipinski definition) is 2. The quantitative estimate of drug-likeness (QED) is 0.919. The molecule has 0 bridgehead atoms. The Morgan fingerprint density at radius 2 is 2.16 bits per heavy atom. The minimum Gasteiger partial charge on any atom is -0.377 e. The van der Waals surface area contributed by atoms with Crippen LogP contribution in [0.15, 0.2) is 30.6 Å². The fourth-order valence-electron chi connectivity index (χ4n) is 2.18. The van der Waals surface area contributed by atoms with Crippen LogP contribution in [0.1, 0.15) is 37.2 Å². The van der Waals surface area contributed by atoms with Crippen LogP contribution in [-0.4, -0.2) is 14.7 Å². The first kappa shape index (κ1) is 13.7. The van der Waals surface area contributed by atoms with E-state index in [9.17, 15) is 9.50 Å². The zero-order valence-corrected chi connectivity index (χ0v) is 11.5. The molecule has 0 saturated carbocycles. The average molecular weight is 262 g/mol. The van der Waals surface area contributed by atoms with Gasteiger partial charge in [-0.25, -0.2) is 9.37 Å². The smallest absolute Gasteiger partial charge is 0.145 e. The molecule has 0 aliphatic carbocycles. The predicted octanol–water partition coefficient (Wildman–Crippen LogP) is 3.00. The highest BCUT2D eigenvalue weighted by Gasteiger charge is 2.30. The summed E-state index contributed by atoms with van der Waals surface area (Å²) in [4.78, 5) is 4.23. The molecule has 0 fully saturated rings. The molecule has 0 saturated heterocycles. The Hall–Kier alpha value is -1.68. The molecule has 2 rings (SSSR count). The molecule has 4 heteroatoms. The monoisotopic (exact) mass is 262 g/mol. The van der Waals surface area contributed by atoms with E-state index in [0.29, 0.717) is 17.0 Å². The molecule has 0 amide bonds. The van der Waals surface area contributed by atoms with E-state index in [1.54, 1.807) is 32.2 Å². The number of aliphatic hydroxyl groups is 1. The summed E-state index contributed by atoms with van der Waals surface area (Å²) in [5.41, 5.74) is -0.219. The summed E-state index contributed by atoms with van der Waals surface area (Å²) >= 11 is 0. The first-order valence-corrected chi connectivity index (χ1v) is 6.47. The normalized spacial score (nSPS) is 14.4. The molecule has 0 spiro atoms. The Bertz CT molecular complexity index is 575. The second-order valence-corrected chi connectivity index (χ2v) is 4.98. The molecule has 1 heterocycles. The van der Waals surface area contributed by atoms with Crippen LogP contribution in [0.4, 0.5) is 4.39 Å². The van der Waals surface area contributed by atoms with Gasteiger partial charge in [0.05, 0.1) is 0 Å². The maximum atomic E-state index is 13.7. The van der Waals surface area contributed by atoms with Crippen molar-refractivity contribution in [1.82, 2.24) is 9.55 Å². The van der Waals surface area contributed by atoms with Crippen LogP contribution in [0, 0.1) is 12.7 Å². The minimum atomic E-state index is -1.30. The van der Waals surface area contributed by atoms with Crippen molar-refractivity contribution in [3.63, 3.8) is 0 Å². The SMILES string of the molecule is CCCn1ccnc1C(C)(O)c1ccc(C)c(F)c1. The Morgan fingerprint density at radius 1 is 1.42 bits per heavy atom. The molecule has 102 valence electrons. The standard InChI is InChI=1S/C15H19FN2O/c1-4-8-18-9-7-17-14(18)15(3,19)12-6-5-11(2)13(16)10-12/h5-7,9-10,19H,4,8H2,1-3H3. The molecule has 1 aromatic carbocycles. The summed E-state index contributed by atoms with van der Waals surface area (Å²) in [5, 5.41) is 10.7. The van der Waals surface area contributed by atoms with Gasteiger partial charge >= 0.3 is 0 Å². The number of aryl methyl sites for hydroxylation is 2. The van der Waals surface area contributed by atoms with Crippen molar-refractivity contribution < 1.29 is 9.50 Å². The summed E-state index contributed by atoms with van der Waals surface area (Å²) in [7, 11) is 0. The van der Waals surface area contributed by atoms with Crippen LogP contribution in [0.3, 0.4) is 0 Å². The highest BCUT2D eigenvalue weighted by molar-refractivity contribution is 5.32. The third kappa shape index (κ3) is 2.54. The lowest BCUT2D eigenvalue weighted by molar-refractivity contribution is 0.0875. The van der Waals surface area contributed by atoms with E-state index in [1.165, 1.54) is 6.07 Å². The van der Waals surface area contributed by atoms with Crippen LogP contribution >= 0.6 is 0 Å². The topological polar surface area (TPSA) is 38.0 Å². The van der Waals surface area contributed by atoms with Gasteiger partial charge in [0, 0.05) is 18.9 Å². The van der Waals surface area contributed by atoms with E-state index >= 15 is 0 Å². The van der Waals surface area contributed by atoms with Crippen molar-refractivity contribution in [2.45, 2.75) is 39.3 Å². The highest BCUT2D eigenvalue weighted by Crippen LogP contribution is 2.29. The van der Waals surface area contributed by atoms with E-state index in [4.69, 9.17) is 0 Å². The summed E-state index contributed by atoms with van der Waals surface area (Å²) in [6, 6.07) is 4.79. The number of halogens is 1. The zero-order chi connectivity index (χ0) is 14.0. The van der Waals surface area contributed by atoms with Crippen LogP contribution in [0.2, 0.25) is 0 Å². The number of rotatable bonds is 4. The minimum absolute atomic E-state index is 0.314. The first-order valence-electron chi connectivity index (χ1n) is 6.47. The molecule has 1 N–H and O–H groups in total. The van der Waals surface area contributed by atoms with E-state index < -0.39 is 5.60 Å². The molecule has 0 radical (unpaired) electrons. The van der Waals surface area contributed by atoms with Gasteiger partial charge in [-0.2, -0.15) is 0 Å². The first-order chi connectivity index (χ1) is 8.96. The molecular weight excluding hydrogens is 243 g/mol. The molecule has 3 nitrogen and oxygen atoms in total. The van der Waals surface area contributed by atoms with Crippen molar-refractivity contribution in [3.05, 3.63) is 53.4 Å². The molecular formula is C15H19FN2O. The molecule has 0 aliphatic rings. The third-order valence-electron chi connectivity index (χ3n) is 3.35. The summed E-state index contributed by atoms with van der Waals surface area (Å²) < 4.78 is 15.6. The van der Waals surface area contributed by atoms with E-state index in [2.05, 4.69) is 11.9 Å². The highest BCUT2D eigenvalue weighted by atomic mass is 19.1. The van der Waals surface area contributed by atoms with Crippen molar-refractivity contribution in [3.8, 4) is 0 Å². The van der Waals surface area contributed by atoms with Crippen molar-refractivity contribution >= 4 is 0 Å². The maximum Gasteiger partial charge on any atom is 0.145 e. The van der Waals surface area contributed by atoms with Gasteiger partial charge in [0.1, 0.15) is 17.2 Å². The van der Waals surface area contributed by atoms with Gasteiger partial charge in [-0.3, -0.25) is 0 Å².